The van der Waals surface area contributed by atoms with E-state index in [1.807, 2.05) is 6.07 Å². The highest BCUT2D eigenvalue weighted by atomic mass is 35.5. The van der Waals surface area contributed by atoms with Gasteiger partial charge in [0.1, 0.15) is 5.82 Å². The van der Waals surface area contributed by atoms with Gasteiger partial charge in [0, 0.05) is 24.3 Å². The number of rotatable bonds is 5. The molecule has 1 amide bonds. The molecule has 0 aliphatic carbocycles. The van der Waals surface area contributed by atoms with Crippen LogP contribution in [0.1, 0.15) is 34.8 Å². The van der Waals surface area contributed by atoms with E-state index < -0.39 is 6.04 Å². The van der Waals surface area contributed by atoms with Crippen LogP contribution in [0.2, 0.25) is 5.02 Å². The molecule has 0 spiro atoms. The summed E-state index contributed by atoms with van der Waals surface area (Å²) in [4.78, 5) is 19.0. The van der Waals surface area contributed by atoms with Crippen molar-refractivity contribution in [2.75, 3.05) is 24.6 Å². The Kier molecular flexibility index (Phi) is 5.33. The number of nitrogens with one attached hydrogen (secondary N) is 1. The average Bonchev–Trinajstić information content (AvgIpc) is 3.15. The number of aliphatic hydroxyl groups is 1. The Hall–Kier alpha value is -2.11. The first-order valence-electron chi connectivity index (χ1n) is 8.05. The topological polar surface area (TPSA) is 65.5 Å². The van der Waals surface area contributed by atoms with Crippen molar-refractivity contribution in [3.8, 4) is 0 Å². The number of nitrogens with zero attached hydrogens (tertiary/aromatic N) is 2. The van der Waals surface area contributed by atoms with Crippen LogP contribution in [-0.4, -0.2) is 35.7 Å². The van der Waals surface area contributed by atoms with Gasteiger partial charge in [0.05, 0.1) is 18.2 Å². The van der Waals surface area contributed by atoms with Gasteiger partial charge in [0.15, 0.2) is 0 Å². The zero-order valence-corrected chi connectivity index (χ0v) is 14.0. The smallest absolute Gasteiger partial charge is 0.253 e. The molecular weight excluding hydrogens is 326 g/mol. The van der Waals surface area contributed by atoms with Crippen LogP contribution in [0.15, 0.2) is 42.6 Å². The van der Waals surface area contributed by atoms with Crippen LogP contribution in [0, 0.1) is 0 Å². The summed E-state index contributed by atoms with van der Waals surface area (Å²) in [6, 6.07) is 10.2. The lowest BCUT2D eigenvalue weighted by molar-refractivity contribution is 0.0916. The van der Waals surface area contributed by atoms with Crippen LogP contribution in [0.5, 0.6) is 0 Å². The van der Waals surface area contributed by atoms with E-state index in [9.17, 15) is 9.90 Å². The van der Waals surface area contributed by atoms with Crippen molar-refractivity contribution in [3.05, 3.63) is 58.7 Å². The first-order valence-corrected chi connectivity index (χ1v) is 8.43. The Morgan fingerprint density at radius 3 is 2.50 bits per heavy atom. The second kappa shape index (κ2) is 7.64. The van der Waals surface area contributed by atoms with Crippen molar-refractivity contribution in [1.29, 1.82) is 0 Å². The van der Waals surface area contributed by atoms with Gasteiger partial charge in [-0.25, -0.2) is 4.98 Å². The van der Waals surface area contributed by atoms with Gasteiger partial charge in [-0.15, -0.1) is 0 Å². The fourth-order valence-corrected chi connectivity index (χ4v) is 2.95. The number of hydrogen-bond acceptors (Lipinski definition) is 4. The highest BCUT2D eigenvalue weighted by molar-refractivity contribution is 6.30. The molecule has 1 aromatic carbocycles. The lowest BCUT2D eigenvalue weighted by Crippen LogP contribution is -2.31. The summed E-state index contributed by atoms with van der Waals surface area (Å²) < 4.78 is 0. The van der Waals surface area contributed by atoms with Crippen LogP contribution in [0.3, 0.4) is 0 Å². The Morgan fingerprint density at radius 1 is 1.21 bits per heavy atom. The summed E-state index contributed by atoms with van der Waals surface area (Å²) in [7, 11) is 0. The molecule has 5 nitrogen and oxygen atoms in total. The van der Waals surface area contributed by atoms with E-state index in [0.29, 0.717) is 10.6 Å². The van der Waals surface area contributed by atoms with Gasteiger partial charge < -0.3 is 15.3 Å². The van der Waals surface area contributed by atoms with Crippen molar-refractivity contribution >= 4 is 23.3 Å². The molecule has 1 aliphatic heterocycles. The summed E-state index contributed by atoms with van der Waals surface area (Å²) >= 11 is 5.87. The molecular formula is C18H20ClN3O2. The van der Waals surface area contributed by atoms with Crippen LogP contribution in [0.25, 0.3) is 0 Å². The molecule has 1 aromatic heterocycles. The van der Waals surface area contributed by atoms with E-state index in [0.717, 1.165) is 24.5 Å². The zero-order valence-electron chi connectivity index (χ0n) is 13.3. The number of aromatic nitrogens is 1. The second-order valence-electron chi connectivity index (χ2n) is 5.86. The maximum absolute atomic E-state index is 12.4. The molecule has 0 radical (unpaired) electrons. The number of benzene rings is 1. The molecule has 1 unspecified atom stereocenters. The largest absolute Gasteiger partial charge is 0.394 e. The summed E-state index contributed by atoms with van der Waals surface area (Å²) in [5.74, 6) is 0.643. The average molecular weight is 346 g/mol. The number of halogens is 1. The minimum absolute atomic E-state index is 0.188. The molecule has 1 aliphatic rings. The maximum Gasteiger partial charge on any atom is 0.253 e. The SMILES string of the molecule is O=C(NC(CO)c1ccc(Cl)cc1)c1ccc(N2CCCC2)nc1. The quantitative estimate of drug-likeness (QED) is 0.874. The maximum atomic E-state index is 12.4. The Balaban J connectivity index is 1.67. The van der Waals surface area contributed by atoms with E-state index >= 15 is 0 Å². The van der Waals surface area contributed by atoms with Gasteiger partial charge in [0.25, 0.3) is 5.91 Å². The first-order chi connectivity index (χ1) is 11.7. The third-order valence-corrected chi connectivity index (χ3v) is 4.45. The Labute approximate surface area is 146 Å². The van der Waals surface area contributed by atoms with E-state index in [1.165, 1.54) is 12.8 Å². The molecule has 1 saturated heterocycles. The number of carbonyl (C=O) groups excluding carboxylic acids is 1. The summed E-state index contributed by atoms with van der Waals surface area (Å²) in [6.45, 7) is 1.84. The van der Waals surface area contributed by atoms with Gasteiger partial charge in [0.2, 0.25) is 0 Å². The zero-order chi connectivity index (χ0) is 16.9. The molecule has 3 rings (SSSR count). The molecule has 2 heterocycles. The first kappa shape index (κ1) is 16.7. The molecule has 0 saturated carbocycles. The van der Waals surface area contributed by atoms with Gasteiger partial charge in [-0.3, -0.25) is 4.79 Å². The van der Waals surface area contributed by atoms with Crippen molar-refractivity contribution in [1.82, 2.24) is 10.3 Å². The van der Waals surface area contributed by atoms with Crippen molar-refractivity contribution in [3.63, 3.8) is 0 Å². The number of carbonyl (C=O) groups is 1. The minimum Gasteiger partial charge on any atom is -0.394 e. The fraction of sp³-hybridized carbons (Fsp3) is 0.333. The van der Waals surface area contributed by atoms with E-state index in [1.54, 1.807) is 36.5 Å². The number of aliphatic hydroxyl groups excluding tert-OH is 1. The van der Waals surface area contributed by atoms with Crippen molar-refractivity contribution in [2.24, 2.45) is 0 Å². The van der Waals surface area contributed by atoms with Crippen LogP contribution < -0.4 is 10.2 Å². The molecule has 1 fully saturated rings. The monoisotopic (exact) mass is 345 g/mol. The predicted molar refractivity (Wildman–Crippen MR) is 94.4 cm³/mol. The van der Waals surface area contributed by atoms with Crippen LogP contribution in [0.4, 0.5) is 5.82 Å². The predicted octanol–water partition coefficient (Wildman–Crippen LogP) is 2.80. The minimum atomic E-state index is -0.479. The highest BCUT2D eigenvalue weighted by Gasteiger charge is 2.17. The van der Waals surface area contributed by atoms with E-state index in [4.69, 9.17) is 11.6 Å². The molecule has 126 valence electrons. The summed E-state index contributed by atoms with van der Waals surface area (Å²) in [5.41, 5.74) is 1.28. The van der Waals surface area contributed by atoms with E-state index in [-0.39, 0.29) is 12.5 Å². The molecule has 0 bridgehead atoms. The van der Waals surface area contributed by atoms with Crippen LogP contribution in [-0.2, 0) is 0 Å². The summed E-state index contributed by atoms with van der Waals surface area (Å²) in [6.07, 6.45) is 3.95. The Morgan fingerprint density at radius 2 is 1.92 bits per heavy atom. The second-order valence-corrected chi connectivity index (χ2v) is 6.30. The molecule has 2 N–H and O–H groups in total. The third kappa shape index (κ3) is 3.86. The van der Waals surface area contributed by atoms with Crippen molar-refractivity contribution in [2.45, 2.75) is 18.9 Å². The van der Waals surface area contributed by atoms with Gasteiger partial charge in [-0.05, 0) is 42.7 Å². The normalized spacial score (nSPS) is 15.3. The van der Waals surface area contributed by atoms with Gasteiger partial charge in [-0.2, -0.15) is 0 Å². The third-order valence-electron chi connectivity index (χ3n) is 4.20. The highest BCUT2D eigenvalue weighted by Crippen LogP contribution is 2.19. The molecule has 1 atom stereocenters. The summed E-state index contributed by atoms with van der Waals surface area (Å²) in [5, 5.41) is 13.0. The standard InChI is InChI=1S/C18H20ClN3O2/c19-15-6-3-13(4-7-15)16(12-23)21-18(24)14-5-8-17(20-11-14)22-9-1-2-10-22/h3-8,11,16,23H,1-2,9-10,12H2,(H,21,24). The Bertz CT molecular complexity index is 682. The number of anilines is 1. The number of amides is 1. The molecule has 2 aromatic rings. The lowest BCUT2D eigenvalue weighted by Gasteiger charge is -2.18. The van der Waals surface area contributed by atoms with E-state index in [2.05, 4.69) is 15.2 Å². The number of pyridine rings is 1. The van der Waals surface area contributed by atoms with Gasteiger partial charge >= 0.3 is 0 Å². The van der Waals surface area contributed by atoms with Crippen molar-refractivity contribution < 1.29 is 9.90 Å². The van der Waals surface area contributed by atoms with Gasteiger partial charge in [-0.1, -0.05) is 23.7 Å². The fourth-order valence-electron chi connectivity index (χ4n) is 2.82. The lowest BCUT2D eigenvalue weighted by atomic mass is 10.1. The number of hydrogen-bond donors (Lipinski definition) is 2. The molecule has 6 heteroatoms. The molecule has 24 heavy (non-hydrogen) atoms. The van der Waals surface area contributed by atoms with Crippen LogP contribution >= 0.6 is 11.6 Å².